The third-order valence-electron chi connectivity index (χ3n) is 3.22. The van der Waals surface area contributed by atoms with Crippen molar-refractivity contribution >= 4 is 17.3 Å². The molecule has 2 N–H and O–H groups in total. The Balaban J connectivity index is 2.15. The summed E-state index contributed by atoms with van der Waals surface area (Å²) in [6, 6.07) is 1.78. The van der Waals surface area contributed by atoms with Crippen molar-refractivity contribution in [3.63, 3.8) is 0 Å². The van der Waals surface area contributed by atoms with Gasteiger partial charge < -0.3 is 10.6 Å². The highest BCUT2D eigenvalue weighted by Gasteiger charge is 2.26. The number of hydrogen-bond donors (Lipinski definition) is 1. The Morgan fingerprint density at radius 1 is 1.50 bits per heavy atom. The third kappa shape index (κ3) is 2.01. The Labute approximate surface area is 95.5 Å². The van der Waals surface area contributed by atoms with Crippen molar-refractivity contribution < 1.29 is 4.79 Å². The van der Waals surface area contributed by atoms with E-state index in [-0.39, 0.29) is 11.8 Å². The minimum Gasteiger partial charge on any atom is -0.396 e. The fourth-order valence-electron chi connectivity index (χ4n) is 2.27. The van der Waals surface area contributed by atoms with Gasteiger partial charge in [0.05, 0.1) is 17.6 Å². The van der Waals surface area contributed by atoms with E-state index in [2.05, 4.69) is 4.98 Å². The molecular formula is C12H17N3O. The molecule has 0 atom stereocenters. The van der Waals surface area contributed by atoms with Gasteiger partial charge >= 0.3 is 0 Å². The van der Waals surface area contributed by atoms with E-state index in [0.717, 1.165) is 31.4 Å². The minimum atomic E-state index is 0.176. The summed E-state index contributed by atoms with van der Waals surface area (Å²) in [7, 11) is 1.78. The van der Waals surface area contributed by atoms with Gasteiger partial charge in [-0.2, -0.15) is 0 Å². The molecule has 1 aliphatic rings. The van der Waals surface area contributed by atoms with E-state index in [1.54, 1.807) is 30.4 Å². The van der Waals surface area contributed by atoms with Crippen LogP contribution in [-0.2, 0) is 4.79 Å². The van der Waals surface area contributed by atoms with Gasteiger partial charge in [-0.1, -0.05) is 12.8 Å². The molecule has 0 aliphatic heterocycles. The van der Waals surface area contributed by atoms with Gasteiger partial charge in [0, 0.05) is 19.2 Å². The molecule has 1 aromatic rings. The van der Waals surface area contributed by atoms with Crippen LogP contribution in [0.15, 0.2) is 18.5 Å². The minimum absolute atomic E-state index is 0.176. The van der Waals surface area contributed by atoms with Gasteiger partial charge in [0.25, 0.3) is 0 Å². The fraction of sp³-hybridized carbons (Fsp3) is 0.500. The van der Waals surface area contributed by atoms with E-state index in [0.29, 0.717) is 5.69 Å². The predicted molar refractivity (Wildman–Crippen MR) is 64.0 cm³/mol. The summed E-state index contributed by atoms with van der Waals surface area (Å²) < 4.78 is 0. The van der Waals surface area contributed by atoms with Crippen molar-refractivity contribution in [3.8, 4) is 0 Å². The Morgan fingerprint density at radius 2 is 2.19 bits per heavy atom. The van der Waals surface area contributed by atoms with Crippen LogP contribution in [0.5, 0.6) is 0 Å². The van der Waals surface area contributed by atoms with E-state index < -0.39 is 0 Å². The number of anilines is 2. The zero-order valence-electron chi connectivity index (χ0n) is 9.52. The van der Waals surface area contributed by atoms with Gasteiger partial charge in [-0.3, -0.25) is 9.78 Å². The fourth-order valence-corrected chi connectivity index (χ4v) is 2.27. The molecule has 1 fully saturated rings. The number of nitrogen functional groups attached to an aromatic ring is 1. The van der Waals surface area contributed by atoms with Crippen molar-refractivity contribution in [2.45, 2.75) is 25.7 Å². The molecule has 1 aromatic heterocycles. The first-order valence-electron chi connectivity index (χ1n) is 5.67. The third-order valence-corrected chi connectivity index (χ3v) is 3.22. The first-order chi connectivity index (χ1) is 7.70. The maximum atomic E-state index is 12.1. The van der Waals surface area contributed by atoms with Crippen LogP contribution in [0.3, 0.4) is 0 Å². The van der Waals surface area contributed by atoms with Crippen LogP contribution >= 0.6 is 0 Å². The number of aromatic nitrogens is 1. The normalized spacial score (nSPS) is 16.3. The summed E-state index contributed by atoms with van der Waals surface area (Å²) in [4.78, 5) is 17.7. The maximum absolute atomic E-state index is 12.1. The zero-order chi connectivity index (χ0) is 11.5. The van der Waals surface area contributed by atoms with Gasteiger partial charge in [-0.15, -0.1) is 0 Å². The molecule has 86 valence electrons. The molecular weight excluding hydrogens is 202 g/mol. The smallest absolute Gasteiger partial charge is 0.229 e. The SMILES string of the molecule is CN(C(=O)C1CCCC1)c1ccncc1N. The van der Waals surface area contributed by atoms with E-state index in [1.807, 2.05) is 0 Å². The van der Waals surface area contributed by atoms with Crippen LogP contribution < -0.4 is 10.6 Å². The van der Waals surface area contributed by atoms with Crippen molar-refractivity contribution in [2.75, 3.05) is 17.7 Å². The molecule has 1 saturated carbocycles. The number of pyridine rings is 1. The lowest BCUT2D eigenvalue weighted by Gasteiger charge is -2.22. The van der Waals surface area contributed by atoms with Gasteiger partial charge in [-0.05, 0) is 18.9 Å². The molecule has 0 radical (unpaired) electrons. The second kappa shape index (κ2) is 4.51. The standard InChI is InChI=1S/C12H17N3O/c1-15(11-6-7-14-8-10(11)13)12(16)9-4-2-3-5-9/h6-9H,2-5,13H2,1H3. The molecule has 4 nitrogen and oxygen atoms in total. The molecule has 0 saturated heterocycles. The second-order valence-corrected chi connectivity index (χ2v) is 4.31. The topological polar surface area (TPSA) is 59.2 Å². The van der Waals surface area contributed by atoms with Gasteiger partial charge in [0.1, 0.15) is 0 Å². The zero-order valence-corrected chi connectivity index (χ0v) is 9.52. The summed E-state index contributed by atoms with van der Waals surface area (Å²) in [6.07, 6.45) is 7.58. The lowest BCUT2D eigenvalue weighted by Crippen LogP contribution is -2.32. The lowest BCUT2D eigenvalue weighted by atomic mass is 10.1. The van der Waals surface area contributed by atoms with Crippen LogP contribution in [0.2, 0.25) is 0 Å². The molecule has 1 amide bonds. The van der Waals surface area contributed by atoms with Crippen LogP contribution in [0.1, 0.15) is 25.7 Å². The van der Waals surface area contributed by atoms with Gasteiger partial charge in [0.2, 0.25) is 5.91 Å². The number of nitrogens with two attached hydrogens (primary N) is 1. The predicted octanol–water partition coefficient (Wildman–Crippen LogP) is 1.82. The van der Waals surface area contributed by atoms with Gasteiger partial charge in [0.15, 0.2) is 0 Å². The van der Waals surface area contributed by atoms with Crippen molar-refractivity contribution in [3.05, 3.63) is 18.5 Å². The highest BCUT2D eigenvalue weighted by Crippen LogP contribution is 2.29. The van der Waals surface area contributed by atoms with E-state index in [4.69, 9.17) is 5.73 Å². The summed E-state index contributed by atoms with van der Waals surface area (Å²) in [5.74, 6) is 0.355. The van der Waals surface area contributed by atoms with Gasteiger partial charge in [-0.25, -0.2) is 0 Å². The monoisotopic (exact) mass is 219 g/mol. The Hall–Kier alpha value is -1.58. The molecule has 1 aliphatic carbocycles. The first-order valence-corrected chi connectivity index (χ1v) is 5.67. The molecule has 4 heteroatoms. The van der Waals surface area contributed by atoms with Crippen molar-refractivity contribution in [1.29, 1.82) is 0 Å². The van der Waals surface area contributed by atoms with Crippen LogP contribution in [0, 0.1) is 5.92 Å². The lowest BCUT2D eigenvalue weighted by molar-refractivity contribution is -0.121. The summed E-state index contributed by atoms with van der Waals surface area (Å²) in [5, 5.41) is 0. The first kappa shape index (κ1) is 10.9. The largest absolute Gasteiger partial charge is 0.396 e. The van der Waals surface area contributed by atoms with Crippen LogP contribution in [0.25, 0.3) is 0 Å². The number of carbonyl (C=O) groups excluding carboxylic acids is 1. The molecule has 16 heavy (non-hydrogen) atoms. The van der Waals surface area contributed by atoms with E-state index >= 15 is 0 Å². The molecule has 2 rings (SSSR count). The number of hydrogen-bond acceptors (Lipinski definition) is 3. The quantitative estimate of drug-likeness (QED) is 0.825. The average Bonchev–Trinajstić information content (AvgIpc) is 2.81. The number of amides is 1. The number of nitrogens with zero attached hydrogens (tertiary/aromatic N) is 2. The second-order valence-electron chi connectivity index (χ2n) is 4.31. The van der Waals surface area contributed by atoms with Crippen molar-refractivity contribution in [1.82, 2.24) is 4.98 Å². The maximum Gasteiger partial charge on any atom is 0.229 e. The van der Waals surface area contributed by atoms with Crippen LogP contribution in [-0.4, -0.2) is 17.9 Å². The number of carbonyl (C=O) groups is 1. The molecule has 0 spiro atoms. The Bertz CT molecular complexity index is 386. The molecule has 0 aromatic carbocycles. The summed E-state index contributed by atoms with van der Waals surface area (Å²) in [6.45, 7) is 0. The average molecular weight is 219 g/mol. The van der Waals surface area contributed by atoms with E-state index in [9.17, 15) is 4.79 Å². The Kier molecular flexibility index (Phi) is 3.08. The summed E-state index contributed by atoms with van der Waals surface area (Å²) >= 11 is 0. The molecule has 0 unspecified atom stereocenters. The Morgan fingerprint density at radius 3 is 2.81 bits per heavy atom. The van der Waals surface area contributed by atoms with Crippen LogP contribution in [0.4, 0.5) is 11.4 Å². The van der Waals surface area contributed by atoms with E-state index in [1.165, 1.54) is 0 Å². The highest BCUT2D eigenvalue weighted by atomic mass is 16.2. The van der Waals surface area contributed by atoms with Crippen molar-refractivity contribution in [2.24, 2.45) is 5.92 Å². The molecule has 1 heterocycles. The molecule has 0 bridgehead atoms. The summed E-state index contributed by atoms with van der Waals surface area (Å²) in [5.41, 5.74) is 7.11. The number of rotatable bonds is 2. The highest BCUT2D eigenvalue weighted by molar-refractivity contribution is 5.97.